The van der Waals surface area contributed by atoms with E-state index in [0.717, 1.165) is 18.6 Å². The minimum Gasteiger partial charge on any atom is -0.493 e. The Labute approximate surface area is 97.4 Å². The van der Waals surface area contributed by atoms with Crippen LogP contribution in [0.4, 0.5) is 0 Å². The summed E-state index contributed by atoms with van der Waals surface area (Å²) in [4.78, 5) is 0. The third kappa shape index (κ3) is 3.83. The van der Waals surface area contributed by atoms with Crippen LogP contribution < -0.4 is 10.1 Å². The van der Waals surface area contributed by atoms with Gasteiger partial charge in [-0.1, -0.05) is 18.2 Å². The van der Waals surface area contributed by atoms with Gasteiger partial charge in [0, 0.05) is 18.2 Å². The van der Waals surface area contributed by atoms with Crippen LogP contribution in [0.3, 0.4) is 0 Å². The second kappa shape index (κ2) is 7.25. The van der Waals surface area contributed by atoms with E-state index in [-0.39, 0.29) is 12.6 Å². The molecule has 1 atom stereocenters. The van der Waals surface area contributed by atoms with Gasteiger partial charge in [0.25, 0.3) is 0 Å². The van der Waals surface area contributed by atoms with Crippen LogP contribution in [0.15, 0.2) is 24.3 Å². The highest BCUT2D eigenvalue weighted by Gasteiger charge is 2.08. The lowest BCUT2D eigenvalue weighted by Crippen LogP contribution is -2.14. The van der Waals surface area contributed by atoms with Crippen LogP contribution in [-0.4, -0.2) is 25.4 Å². The van der Waals surface area contributed by atoms with Crippen LogP contribution in [0.1, 0.15) is 31.4 Å². The molecule has 0 fully saturated rings. The monoisotopic (exact) mass is 223 g/mol. The molecule has 0 heterocycles. The molecular weight excluding hydrogens is 202 g/mol. The molecule has 0 aliphatic carbocycles. The molecule has 3 heteroatoms. The SMILES string of the molecule is CNC(C)c1ccccc1OCCCCO. The maximum atomic E-state index is 8.68. The van der Waals surface area contributed by atoms with Crippen LogP contribution in [0.25, 0.3) is 0 Å². The third-order valence-corrected chi connectivity index (χ3v) is 2.63. The van der Waals surface area contributed by atoms with Crippen molar-refractivity contribution in [3.8, 4) is 5.75 Å². The summed E-state index contributed by atoms with van der Waals surface area (Å²) >= 11 is 0. The van der Waals surface area contributed by atoms with Gasteiger partial charge in [0.1, 0.15) is 5.75 Å². The number of unbranched alkanes of at least 4 members (excludes halogenated alkanes) is 1. The van der Waals surface area contributed by atoms with Gasteiger partial charge in [-0.25, -0.2) is 0 Å². The largest absolute Gasteiger partial charge is 0.493 e. The summed E-state index contributed by atoms with van der Waals surface area (Å²) < 4.78 is 5.71. The van der Waals surface area contributed by atoms with Crippen molar-refractivity contribution in [1.29, 1.82) is 0 Å². The number of rotatable bonds is 7. The lowest BCUT2D eigenvalue weighted by atomic mass is 10.1. The van der Waals surface area contributed by atoms with E-state index in [0.29, 0.717) is 6.61 Å². The average Bonchev–Trinajstić information content (AvgIpc) is 2.34. The maximum absolute atomic E-state index is 8.68. The van der Waals surface area contributed by atoms with Crippen molar-refractivity contribution in [2.45, 2.75) is 25.8 Å². The van der Waals surface area contributed by atoms with Crippen LogP contribution in [0, 0.1) is 0 Å². The third-order valence-electron chi connectivity index (χ3n) is 2.63. The summed E-state index contributed by atoms with van der Waals surface area (Å²) in [6.07, 6.45) is 1.68. The fraction of sp³-hybridized carbons (Fsp3) is 0.538. The summed E-state index contributed by atoms with van der Waals surface area (Å²) in [5, 5.41) is 11.9. The Kier molecular flexibility index (Phi) is 5.90. The number of benzene rings is 1. The number of hydrogen-bond donors (Lipinski definition) is 2. The van der Waals surface area contributed by atoms with E-state index in [4.69, 9.17) is 9.84 Å². The minimum absolute atomic E-state index is 0.234. The van der Waals surface area contributed by atoms with Crippen LogP contribution >= 0.6 is 0 Å². The van der Waals surface area contributed by atoms with Crippen LogP contribution in [0.2, 0.25) is 0 Å². The van der Waals surface area contributed by atoms with Gasteiger partial charge in [0.05, 0.1) is 6.61 Å². The topological polar surface area (TPSA) is 41.5 Å². The lowest BCUT2D eigenvalue weighted by molar-refractivity contribution is 0.251. The van der Waals surface area contributed by atoms with E-state index in [2.05, 4.69) is 18.3 Å². The van der Waals surface area contributed by atoms with Crippen molar-refractivity contribution >= 4 is 0 Å². The minimum atomic E-state index is 0.234. The molecule has 1 aromatic rings. The van der Waals surface area contributed by atoms with Gasteiger partial charge in [-0.05, 0) is 32.9 Å². The van der Waals surface area contributed by atoms with Crippen molar-refractivity contribution < 1.29 is 9.84 Å². The number of aliphatic hydroxyl groups is 1. The molecule has 0 aliphatic rings. The normalized spacial score (nSPS) is 12.4. The van der Waals surface area contributed by atoms with Crippen LogP contribution in [0.5, 0.6) is 5.75 Å². The van der Waals surface area contributed by atoms with Gasteiger partial charge in [-0.15, -0.1) is 0 Å². The zero-order valence-electron chi connectivity index (χ0n) is 10.1. The van der Waals surface area contributed by atoms with E-state index in [9.17, 15) is 0 Å². The summed E-state index contributed by atoms with van der Waals surface area (Å²) in [6, 6.07) is 8.34. The number of ether oxygens (including phenoxy) is 1. The molecule has 0 aliphatic heterocycles. The first-order chi connectivity index (χ1) is 7.79. The van der Waals surface area contributed by atoms with Gasteiger partial charge in [-0.2, -0.15) is 0 Å². The van der Waals surface area contributed by atoms with Gasteiger partial charge in [0.2, 0.25) is 0 Å². The van der Waals surface area contributed by atoms with E-state index >= 15 is 0 Å². The first-order valence-corrected chi connectivity index (χ1v) is 5.79. The number of hydrogen-bond acceptors (Lipinski definition) is 3. The Morgan fingerprint density at radius 3 is 2.75 bits per heavy atom. The Hall–Kier alpha value is -1.06. The Morgan fingerprint density at radius 2 is 2.06 bits per heavy atom. The first kappa shape index (κ1) is 13.0. The van der Waals surface area contributed by atoms with Crippen molar-refractivity contribution in [3.05, 3.63) is 29.8 Å². The predicted octanol–water partition coefficient (Wildman–Crippen LogP) is 2.12. The summed E-state index contributed by atoms with van der Waals surface area (Å²) in [5.41, 5.74) is 1.17. The molecule has 2 N–H and O–H groups in total. The second-order valence-corrected chi connectivity index (χ2v) is 3.83. The van der Waals surface area contributed by atoms with Gasteiger partial charge < -0.3 is 15.2 Å². The Morgan fingerprint density at radius 1 is 1.31 bits per heavy atom. The van der Waals surface area contributed by atoms with E-state index < -0.39 is 0 Å². The van der Waals surface area contributed by atoms with Crippen molar-refractivity contribution in [1.82, 2.24) is 5.32 Å². The average molecular weight is 223 g/mol. The van der Waals surface area contributed by atoms with Crippen molar-refractivity contribution in [2.24, 2.45) is 0 Å². The standard InChI is InChI=1S/C13H21NO2/c1-11(14-2)12-7-3-4-8-13(12)16-10-6-5-9-15/h3-4,7-8,11,14-15H,5-6,9-10H2,1-2H3. The molecule has 3 nitrogen and oxygen atoms in total. The maximum Gasteiger partial charge on any atom is 0.124 e. The Bertz CT molecular complexity index is 302. The number of nitrogens with one attached hydrogen (secondary N) is 1. The Balaban J connectivity index is 2.57. The zero-order valence-corrected chi connectivity index (χ0v) is 10.1. The summed E-state index contributed by atoms with van der Waals surface area (Å²) in [7, 11) is 1.94. The van der Waals surface area contributed by atoms with E-state index in [1.807, 2.05) is 25.2 Å². The molecule has 16 heavy (non-hydrogen) atoms. The molecule has 0 bridgehead atoms. The van der Waals surface area contributed by atoms with Gasteiger partial charge in [-0.3, -0.25) is 0 Å². The molecule has 0 aromatic heterocycles. The molecule has 1 rings (SSSR count). The molecular formula is C13H21NO2. The number of para-hydroxylation sites is 1. The smallest absolute Gasteiger partial charge is 0.124 e. The fourth-order valence-electron chi connectivity index (χ4n) is 1.52. The predicted molar refractivity (Wildman–Crippen MR) is 65.7 cm³/mol. The summed E-state index contributed by atoms with van der Waals surface area (Å²) in [5.74, 6) is 0.933. The molecule has 1 unspecified atom stereocenters. The fourth-order valence-corrected chi connectivity index (χ4v) is 1.52. The molecule has 0 saturated carbocycles. The van der Waals surface area contributed by atoms with Crippen LogP contribution in [-0.2, 0) is 0 Å². The molecule has 0 radical (unpaired) electrons. The quantitative estimate of drug-likeness (QED) is 0.696. The number of aliphatic hydroxyl groups excluding tert-OH is 1. The molecule has 90 valence electrons. The molecule has 1 aromatic carbocycles. The zero-order chi connectivity index (χ0) is 11.8. The highest BCUT2D eigenvalue weighted by Crippen LogP contribution is 2.24. The van der Waals surface area contributed by atoms with E-state index in [1.54, 1.807) is 0 Å². The van der Waals surface area contributed by atoms with Crippen molar-refractivity contribution in [2.75, 3.05) is 20.3 Å². The lowest BCUT2D eigenvalue weighted by Gasteiger charge is -2.16. The van der Waals surface area contributed by atoms with Crippen molar-refractivity contribution in [3.63, 3.8) is 0 Å². The molecule has 0 spiro atoms. The van der Waals surface area contributed by atoms with Gasteiger partial charge >= 0.3 is 0 Å². The van der Waals surface area contributed by atoms with E-state index in [1.165, 1.54) is 5.56 Å². The second-order valence-electron chi connectivity index (χ2n) is 3.83. The molecule has 0 amide bonds. The first-order valence-electron chi connectivity index (χ1n) is 5.79. The highest BCUT2D eigenvalue weighted by atomic mass is 16.5. The summed E-state index contributed by atoms with van der Waals surface area (Å²) in [6.45, 7) is 3.00. The van der Waals surface area contributed by atoms with Gasteiger partial charge in [0.15, 0.2) is 0 Å². The highest BCUT2D eigenvalue weighted by molar-refractivity contribution is 5.35. The molecule has 0 saturated heterocycles.